The first-order valence-corrected chi connectivity index (χ1v) is 15.9. The lowest BCUT2D eigenvalue weighted by atomic mass is 10.0. The first-order valence-electron chi connectivity index (χ1n) is 11.4. The van der Waals surface area contributed by atoms with Crippen LogP contribution in [-0.4, -0.2) is 63.5 Å². The van der Waals surface area contributed by atoms with E-state index in [9.17, 15) is 31.5 Å². The molecule has 0 radical (unpaired) electrons. The molecular formula is C25H22ClFN2O7S3. The van der Waals surface area contributed by atoms with Crippen molar-refractivity contribution in [1.82, 2.24) is 4.31 Å². The zero-order valence-electron chi connectivity index (χ0n) is 20.3. The molecule has 0 saturated carbocycles. The molecule has 1 amide bonds. The molecule has 0 bridgehead atoms. The number of anilines is 1. The summed E-state index contributed by atoms with van der Waals surface area (Å²) >= 11 is 6.98. The number of hydrogen-bond acceptors (Lipinski definition) is 7. The maximum Gasteiger partial charge on any atom is 0.318 e. The van der Waals surface area contributed by atoms with Crippen LogP contribution in [0.2, 0.25) is 4.34 Å². The van der Waals surface area contributed by atoms with Crippen LogP contribution in [0.4, 0.5) is 10.1 Å². The second kappa shape index (κ2) is 11.2. The maximum atomic E-state index is 15.3. The van der Waals surface area contributed by atoms with Gasteiger partial charge in [-0.1, -0.05) is 35.9 Å². The summed E-state index contributed by atoms with van der Waals surface area (Å²) < 4.78 is 66.7. The number of aliphatic carboxylic acids is 1. The van der Waals surface area contributed by atoms with Crippen LogP contribution in [0.25, 0.3) is 17.2 Å². The van der Waals surface area contributed by atoms with E-state index in [0.29, 0.717) is 13.5 Å². The Balaban J connectivity index is 1.63. The fourth-order valence-corrected chi connectivity index (χ4v) is 7.53. The maximum absolute atomic E-state index is 15.3. The van der Waals surface area contributed by atoms with Gasteiger partial charge >= 0.3 is 5.97 Å². The summed E-state index contributed by atoms with van der Waals surface area (Å²) in [7, 11) is -7.96. The fraction of sp³-hybridized carbons (Fsp3) is 0.200. The summed E-state index contributed by atoms with van der Waals surface area (Å²) in [6.45, 7) is -1.03. The zero-order valence-corrected chi connectivity index (χ0v) is 23.5. The number of sulfonamides is 1. The van der Waals surface area contributed by atoms with Gasteiger partial charge in [0, 0.05) is 28.6 Å². The Morgan fingerprint density at radius 1 is 1.18 bits per heavy atom. The Labute approximate surface area is 233 Å². The predicted octanol–water partition coefficient (Wildman–Crippen LogP) is 4.10. The lowest BCUT2D eigenvalue weighted by Gasteiger charge is -2.24. The Hall–Kier alpha value is -3.10. The van der Waals surface area contributed by atoms with E-state index >= 15 is 4.39 Å². The number of sulfone groups is 1. The van der Waals surface area contributed by atoms with E-state index in [-0.39, 0.29) is 34.7 Å². The first-order chi connectivity index (χ1) is 18.3. The highest BCUT2D eigenvalue weighted by Gasteiger charge is 2.42. The minimum atomic E-state index is -4.36. The monoisotopic (exact) mass is 612 g/mol. The van der Waals surface area contributed by atoms with E-state index in [0.717, 1.165) is 34.0 Å². The van der Waals surface area contributed by atoms with E-state index in [1.165, 1.54) is 30.3 Å². The molecule has 2 heterocycles. The highest BCUT2D eigenvalue weighted by molar-refractivity contribution is 7.92. The molecule has 1 fully saturated rings. The molecule has 0 aliphatic carbocycles. The van der Waals surface area contributed by atoms with Gasteiger partial charge in [-0.2, -0.15) is 4.31 Å². The normalized spacial score (nSPS) is 16.5. The van der Waals surface area contributed by atoms with Crippen LogP contribution in [0.3, 0.4) is 0 Å². The van der Waals surface area contributed by atoms with Crippen molar-refractivity contribution >= 4 is 66.4 Å². The standard InChI is InChI=1S/C25H22ClFN2O7S3/c1-38(33,34)22-5-3-2-4-18(22)16-6-8-20(19(27)14-16)28-12-10-21(25(28)32)29(15-24(30)31)39(35,36)13-11-17-7-9-23(26)37-17/h2-9,11,13-14,21H,10,12,15H2,1H3,(H,30,31)/t21-/m0/s1. The van der Waals surface area contributed by atoms with Gasteiger partial charge in [-0.15, -0.1) is 11.3 Å². The largest absolute Gasteiger partial charge is 0.480 e. The molecule has 14 heteroatoms. The molecule has 9 nitrogen and oxygen atoms in total. The molecule has 1 N–H and O–H groups in total. The van der Waals surface area contributed by atoms with E-state index in [2.05, 4.69) is 0 Å². The number of benzene rings is 2. The van der Waals surface area contributed by atoms with Crippen LogP contribution in [0.5, 0.6) is 0 Å². The second-order valence-corrected chi connectivity index (χ2v) is 14.2. The molecule has 1 atom stereocenters. The van der Waals surface area contributed by atoms with Gasteiger partial charge in [0.2, 0.25) is 15.9 Å². The number of carbonyl (C=O) groups is 2. The minimum absolute atomic E-state index is 0.0156. The molecule has 3 aromatic rings. The average molecular weight is 613 g/mol. The SMILES string of the molecule is CS(=O)(=O)c1ccccc1-c1ccc(N2CC[C@H](N(CC(=O)O)S(=O)(=O)C=Cc3ccc(Cl)s3)C2=O)c(F)c1. The molecule has 2 aromatic carbocycles. The van der Waals surface area contributed by atoms with Crippen LogP contribution in [0.15, 0.2) is 64.9 Å². The number of carbonyl (C=O) groups excluding carboxylic acids is 1. The van der Waals surface area contributed by atoms with Gasteiger partial charge in [-0.05, 0) is 48.4 Å². The summed E-state index contributed by atoms with van der Waals surface area (Å²) in [4.78, 5) is 26.4. The second-order valence-electron chi connectivity index (χ2n) is 8.66. The van der Waals surface area contributed by atoms with Gasteiger partial charge in [-0.3, -0.25) is 9.59 Å². The number of carboxylic acids is 1. The molecule has 0 spiro atoms. The van der Waals surface area contributed by atoms with Crippen LogP contribution in [-0.2, 0) is 29.4 Å². The highest BCUT2D eigenvalue weighted by Crippen LogP contribution is 2.33. The van der Waals surface area contributed by atoms with Crippen molar-refractivity contribution in [2.75, 3.05) is 24.2 Å². The Morgan fingerprint density at radius 2 is 1.90 bits per heavy atom. The van der Waals surface area contributed by atoms with Crippen molar-refractivity contribution in [1.29, 1.82) is 0 Å². The summed E-state index contributed by atoms with van der Waals surface area (Å²) in [6.07, 6.45) is 2.23. The summed E-state index contributed by atoms with van der Waals surface area (Å²) in [5.41, 5.74) is 0.419. The van der Waals surface area contributed by atoms with Crippen molar-refractivity contribution in [3.8, 4) is 11.1 Å². The molecular weight excluding hydrogens is 591 g/mol. The lowest BCUT2D eigenvalue weighted by Crippen LogP contribution is -2.47. The predicted molar refractivity (Wildman–Crippen MR) is 147 cm³/mol. The zero-order chi connectivity index (χ0) is 28.5. The van der Waals surface area contributed by atoms with Gasteiger partial charge < -0.3 is 10.0 Å². The molecule has 0 unspecified atom stereocenters. The molecule has 206 valence electrons. The van der Waals surface area contributed by atoms with E-state index in [4.69, 9.17) is 11.6 Å². The summed E-state index contributed by atoms with van der Waals surface area (Å²) in [6, 6.07) is 11.8. The van der Waals surface area contributed by atoms with Gasteiger partial charge in [0.1, 0.15) is 18.4 Å². The van der Waals surface area contributed by atoms with Gasteiger partial charge in [-0.25, -0.2) is 21.2 Å². The van der Waals surface area contributed by atoms with Crippen molar-refractivity contribution in [2.45, 2.75) is 17.4 Å². The number of amides is 1. The highest BCUT2D eigenvalue weighted by atomic mass is 35.5. The number of thiophene rings is 1. The third-order valence-corrected chi connectivity index (χ3v) is 9.85. The van der Waals surface area contributed by atoms with Crippen molar-refractivity contribution < 1.29 is 35.9 Å². The number of carboxylic acid groups (broad SMARTS) is 1. The van der Waals surface area contributed by atoms with E-state index in [1.54, 1.807) is 24.3 Å². The summed E-state index contributed by atoms with van der Waals surface area (Å²) in [5, 5.41) is 10.2. The Bertz CT molecular complexity index is 1690. The molecule has 1 aliphatic rings. The van der Waals surface area contributed by atoms with Crippen LogP contribution in [0.1, 0.15) is 11.3 Å². The summed E-state index contributed by atoms with van der Waals surface area (Å²) in [5.74, 6) is -3.07. The van der Waals surface area contributed by atoms with Crippen molar-refractivity contribution in [2.24, 2.45) is 0 Å². The molecule has 1 aliphatic heterocycles. The number of nitrogens with zero attached hydrogens (tertiary/aromatic N) is 2. The smallest absolute Gasteiger partial charge is 0.318 e. The quantitative estimate of drug-likeness (QED) is 0.385. The molecule has 4 rings (SSSR count). The molecule has 39 heavy (non-hydrogen) atoms. The van der Waals surface area contributed by atoms with Crippen LogP contribution >= 0.6 is 22.9 Å². The van der Waals surface area contributed by atoms with Gasteiger partial charge in [0.25, 0.3) is 0 Å². The van der Waals surface area contributed by atoms with Crippen LogP contribution < -0.4 is 4.90 Å². The van der Waals surface area contributed by atoms with E-state index in [1.807, 2.05) is 0 Å². The third kappa shape index (κ3) is 6.39. The topological polar surface area (TPSA) is 129 Å². The van der Waals surface area contributed by atoms with Gasteiger partial charge in [0.15, 0.2) is 9.84 Å². The number of rotatable bonds is 9. The molecule has 1 saturated heterocycles. The Kier molecular flexibility index (Phi) is 8.28. The van der Waals surface area contributed by atoms with Crippen molar-refractivity contribution in [3.05, 3.63) is 75.0 Å². The number of hydrogen-bond donors (Lipinski definition) is 1. The third-order valence-electron chi connectivity index (χ3n) is 5.98. The van der Waals surface area contributed by atoms with E-state index < -0.39 is 50.1 Å². The fourth-order valence-electron chi connectivity index (χ4n) is 4.25. The van der Waals surface area contributed by atoms with Crippen LogP contribution in [0, 0.1) is 5.82 Å². The lowest BCUT2D eigenvalue weighted by molar-refractivity contribution is -0.137. The minimum Gasteiger partial charge on any atom is -0.480 e. The number of halogens is 2. The average Bonchev–Trinajstić information content (AvgIpc) is 3.45. The van der Waals surface area contributed by atoms with Crippen molar-refractivity contribution in [3.63, 3.8) is 0 Å². The molecule has 1 aromatic heterocycles. The van der Waals surface area contributed by atoms with Gasteiger partial charge in [0.05, 0.1) is 14.9 Å². The Morgan fingerprint density at radius 3 is 2.51 bits per heavy atom. The first kappa shape index (κ1) is 28.9.